The van der Waals surface area contributed by atoms with Gasteiger partial charge in [0.2, 0.25) is 0 Å². The van der Waals surface area contributed by atoms with E-state index in [1.165, 1.54) is 6.08 Å². The third-order valence-electron chi connectivity index (χ3n) is 8.63. The normalized spacial score (nSPS) is 51.9. The number of aliphatic hydroxyl groups excluding tert-OH is 2. The van der Waals surface area contributed by atoms with Crippen molar-refractivity contribution in [2.45, 2.75) is 70.2 Å². The number of Topliss-reactive ketones (excluding diaryl/α,β-unsaturated/α-hetero) is 1. The standard InChI is InChI=1S/C21H29FO5/c1-19-5-3-11(24)7-14(19)15(22)8-12-13-4-6-21(27,17(26)10-23)20(13,2)9-16(25)18(12)19/h7,12-13,15-16,18,23,25,27H,3-6,8-10H2,1-2H3/t12-,13-,15+,16-,18+,19-,20-,21-/m0/s1. The molecule has 0 aromatic heterocycles. The molecular weight excluding hydrogens is 351 g/mol. The van der Waals surface area contributed by atoms with Crippen molar-refractivity contribution in [3.63, 3.8) is 0 Å². The number of carbonyl (C=O) groups excluding carboxylic acids is 2. The second-order valence-electron chi connectivity index (χ2n) is 9.65. The molecule has 0 aromatic carbocycles. The predicted octanol–water partition coefficient (Wildman–Crippen LogP) is 1.73. The fourth-order valence-electron chi connectivity index (χ4n) is 7.29. The first kappa shape index (κ1) is 19.2. The molecule has 0 saturated heterocycles. The van der Waals surface area contributed by atoms with Gasteiger partial charge >= 0.3 is 0 Å². The molecular formula is C21H29FO5. The Morgan fingerprint density at radius 2 is 2.04 bits per heavy atom. The third-order valence-corrected chi connectivity index (χ3v) is 8.63. The summed E-state index contributed by atoms with van der Waals surface area (Å²) >= 11 is 0. The molecule has 0 aromatic rings. The molecule has 3 fully saturated rings. The first-order chi connectivity index (χ1) is 12.6. The van der Waals surface area contributed by atoms with E-state index in [0.717, 1.165) is 0 Å². The number of allylic oxidation sites excluding steroid dienone is 1. The van der Waals surface area contributed by atoms with Crippen LogP contribution in [0.4, 0.5) is 4.39 Å². The molecule has 0 heterocycles. The van der Waals surface area contributed by atoms with Gasteiger partial charge in [0.1, 0.15) is 18.4 Å². The highest BCUT2D eigenvalue weighted by Gasteiger charge is 2.69. The third kappa shape index (κ3) is 2.33. The number of ketones is 2. The van der Waals surface area contributed by atoms with Crippen molar-refractivity contribution in [2.24, 2.45) is 28.6 Å². The van der Waals surface area contributed by atoms with Crippen molar-refractivity contribution >= 4 is 11.6 Å². The van der Waals surface area contributed by atoms with Gasteiger partial charge in [-0.25, -0.2) is 4.39 Å². The average molecular weight is 380 g/mol. The van der Waals surface area contributed by atoms with Crippen LogP contribution in [-0.2, 0) is 9.59 Å². The Labute approximate surface area is 158 Å². The monoisotopic (exact) mass is 380 g/mol. The largest absolute Gasteiger partial charge is 0.393 e. The van der Waals surface area contributed by atoms with Gasteiger partial charge in [-0.1, -0.05) is 13.8 Å². The molecule has 0 radical (unpaired) electrons. The number of hydrogen-bond donors (Lipinski definition) is 3. The lowest BCUT2D eigenvalue weighted by atomic mass is 9.45. The van der Waals surface area contributed by atoms with E-state index in [2.05, 4.69) is 0 Å². The highest BCUT2D eigenvalue weighted by molar-refractivity contribution is 5.92. The molecule has 0 amide bonds. The number of rotatable bonds is 2. The van der Waals surface area contributed by atoms with Gasteiger partial charge in [0, 0.05) is 11.8 Å². The number of halogens is 1. The molecule has 27 heavy (non-hydrogen) atoms. The zero-order chi connectivity index (χ0) is 19.8. The second-order valence-corrected chi connectivity index (χ2v) is 9.65. The molecule has 0 bridgehead atoms. The summed E-state index contributed by atoms with van der Waals surface area (Å²) in [6.45, 7) is 3.03. The molecule has 0 unspecified atom stereocenters. The van der Waals surface area contributed by atoms with Crippen LogP contribution in [-0.4, -0.2) is 51.4 Å². The summed E-state index contributed by atoms with van der Waals surface area (Å²) in [6.07, 6.45) is 1.57. The van der Waals surface area contributed by atoms with Crippen molar-refractivity contribution in [1.82, 2.24) is 0 Å². The summed E-state index contributed by atoms with van der Waals surface area (Å²) in [6, 6.07) is 0. The van der Waals surface area contributed by atoms with E-state index in [1.54, 1.807) is 0 Å². The summed E-state index contributed by atoms with van der Waals surface area (Å²) in [5.74, 6) is -1.11. The number of fused-ring (bicyclic) bond motifs is 5. The van der Waals surface area contributed by atoms with Gasteiger partial charge in [-0.15, -0.1) is 0 Å². The lowest BCUT2D eigenvalue weighted by Crippen LogP contribution is -2.63. The minimum absolute atomic E-state index is 0.0532. The van der Waals surface area contributed by atoms with Crippen LogP contribution in [0.2, 0.25) is 0 Å². The van der Waals surface area contributed by atoms with Crippen molar-refractivity contribution in [3.8, 4) is 0 Å². The summed E-state index contributed by atoms with van der Waals surface area (Å²) in [5.41, 5.74) is -2.61. The van der Waals surface area contributed by atoms with Crippen LogP contribution in [0.1, 0.15) is 52.4 Å². The maximum atomic E-state index is 15.2. The highest BCUT2D eigenvalue weighted by Crippen LogP contribution is 2.67. The molecule has 4 rings (SSSR count). The molecule has 3 N–H and O–H groups in total. The summed E-state index contributed by atoms with van der Waals surface area (Å²) < 4.78 is 15.2. The number of hydrogen-bond acceptors (Lipinski definition) is 5. The predicted molar refractivity (Wildman–Crippen MR) is 95.4 cm³/mol. The van der Waals surface area contributed by atoms with Crippen LogP contribution < -0.4 is 0 Å². The molecule has 3 saturated carbocycles. The van der Waals surface area contributed by atoms with Gasteiger partial charge in [0.25, 0.3) is 0 Å². The van der Waals surface area contributed by atoms with E-state index in [0.29, 0.717) is 24.8 Å². The highest BCUT2D eigenvalue weighted by atomic mass is 19.1. The van der Waals surface area contributed by atoms with Gasteiger partial charge in [0.15, 0.2) is 11.6 Å². The Bertz CT molecular complexity index is 719. The number of alkyl halides is 1. The van der Waals surface area contributed by atoms with E-state index in [9.17, 15) is 24.9 Å². The molecule has 150 valence electrons. The van der Waals surface area contributed by atoms with E-state index in [4.69, 9.17) is 0 Å². The first-order valence-corrected chi connectivity index (χ1v) is 10.0. The van der Waals surface area contributed by atoms with Crippen molar-refractivity contribution < 1.29 is 29.3 Å². The van der Waals surface area contributed by atoms with Gasteiger partial charge in [-0.2, -0.15) is 0 Å². The maximum Gasteiger partial charge on any atom is 0.190 e. The average Bonchev–Trinajstić information content (AvgIpc) is 2.87. The van der Waals surface area contributed by atoms with E-state index < -0.39 is 41.1 Å². The summed E-state index contributed by atoms with van der Waals surface area (Å²) in [4.78, 5) is 24.2. The van der Waals surface area contributed by atoms with Crippen LogP contribution >= 0.6 is 0 Å². The van der Waals surface area contributed by atoms with Gasteiger partial charge < -0.3 is 15.3 Å². The Morgan fingerprint density at radius 1 is 1.33 bits per heavy atom. The Morgan fingerprint density at radius 3 is 2.70 bits per heavy atom. The van der Waals surface area contributed by atoms with Crippen LogP contribution in [0.25, 0.3) is 0 Å². The zero-order valence-electron chi connectivity index (χ0n) is 15.9. The lowest BCUT2D eigenvalue weighted by molar-refractivity contribution is -0.185. The second kappa shape index (κ2) is 5.94. The fourth-order valence-corrected chi connectivity index (χ4v) is 7.29. The van der Waals surface area contributed by atoms with Gasteiger partial charge in [0.05, 0.1) is 6.10 Å². The quantitative estimate of drug-likeness (QED) is 0.678. The molecule has 8 atom stereocenters. The van der Waals surface area contributed by atoms with Crippen LogP contribution in [0.3, 0.4) is 0 Å². The summed E-state index contributed by atoms with van der Waals surface area (Å²) in [5, 5.41) is 31.6. The van der Waals surface area contributed by atoms with Gasteiger partial charge in [-0.05, 0) is 66.9 Å². The maximum absolute atomic E-state index is 15.2. The topological polar surface area (TPSA) is 94.8 Å². The number of aliphatic hydroxyl groups is 3. The van der Waals surface area contributed by atoms with E-state index in [-0.39, 0.29) is 42.8 Å². The Hall–Kier alpha value is -1.11. The van der Waals surface area contributed by atoms with Crippen molar-refractivity contribution in [3.05, 3.63) is 11.6 Å². The molecule has 4 aliphatic rings. The van der Waals surface area contributed by atoms with Crippen LogP contribution in [0.5, 0.6) is 0 Å². The summed E-state index contributed by atoms with van der Waals surface area (Å²) in [7, 11) is 0. The fraction of sp³-hybridized carbons (Fsp3) is 0.810. The SMILES string of the molecule is C[C@]12CCC(=O)C=C1[C@H](F)C[C@@H]1[C@@H]2[C@@H](O)C[C@@]2(C)[C@H]1CC[C@]2(O)C(=O)CO. The van der Waals surface area contributed by atoms with Gasteiger partial charge in [-0.3, -0.25) is 9.59 Å². The molecule has 0 spiro atoms. The first-order valence-electron chi connectivity index (χ1n) is 10.0. The van der Waals surface area contributed by atoms with E-state index >= 15 is 4.39 Å². The van der Waals surface area contributed by atoms with Crippen LogP contribution in [0, 0.1) is 28.6 Å². The lowest BCUT2D eigenvalue weighted by Gasteiger charge is -2.61. The minimum Gasteiger partial charge on any atom is -0.393 e. The Kier molecular flexibility index (Phi) is 4.23. The molecule has 6 heteroatoms. The van der Waals surface area contributed by atoms with Crippen molar-refractivity contribution in [1.29, 1.82) is 0 Å². The smallest absolute Gasteiger partial charge is 0.190 e. The molecule has 5 nitrogen and oxygen atoms in total. The minimum atomic E-state index is -1.68. The van der Waals surface area contributed by atoms with E-state index in [1.807, 2.05) is 13.8 Å². The number of carbonyl (C=O) groups is 2. The van der Waals surface area contributed by atoms with Crippen LogP contribution in [0.15, 0.2) is 11.6 Å². The molecule has 4 aliphatic carbocycles. The Balaban J connectivity index is 1.77. The molecule has 0 aliphatic heterocycles. The van der Waals surface area contributed by atoms with Crippen molar-refractivity contribution in [2.75, 3.05) is 6.61 Å². The zero-order valence-corrected chi connectivity index (χ0v) is 15.9.